The summed E-state index contributed by atoms with van der Waals surface area (Å²) in [6.45, 7) is 9.09. The molecular weight excluding hydrogens is 236 g/mol. The van der Waals surface area contributed by atoms with Crippen molar-refractivity contribution in [2.45, 2.75) is 65.0 Å². The van der Waals surface area contributed by atoms with Crippen LogP contribution in [0.1, 0.15) is 41.5 Å². The van der Waals surface area contributed by atoms with Gasteiger partial charge in [0.15, 0.2) is 11.6 Å². The van der Waals surface area contributed by atoms with Crippen molar-refractivity contribution >= 4 is 11.6 Å². The van der Waals surface area contributed by atoms with Crippen molar-refractivity contribution in [3.63, 3.8) is 0 Å². The van der Waals surface area contributed by atoms with Crippen LogP contribution in [0.5, 0.6) is 0 Å². The van der Waals surface area contributed by atoms with Crippen LogP contribution >= 0.6 is 0 Å². The predicted octanol–water partition coefficient (Wildman–Crippen LogP) is 1.11. The lowest BCUT2D eigenvalue weighted by Crippen LogP contribution is -2.48. The Balaban J connectivity index is 4.78. The second-order valence-corrected chi connectivity index (χ2v) is 5.44. The Kier molecular flexibility index (Phi) is 5.65. The molecule has 0 amide bonds. The molecule has 0 aromatic heterocycles. The van der Waals surface area contributed by atoms with E-state index >= 15 is 0 Å². The minimum Gasteiger partial charge on any atom is -0.383 e. The van der Waals surface area contributed by atoms with Crippen LogP contribution in [-0.2, 0) is 19.1 Å². The summed E-state index contributed by atoms with van der Waals surface area (Å²) >= 11 is 0. The van der Waals surface area contributed by atoms with Crippen molar-refractivity contribution in [3.8, 4) is 0 Å². The molecule has 0 aromatic rings. The van der Waals surface area contributed by atoms with Gasteiger partial charge in [-0.1, -0.05) is 0 Å². The molecule has 0 aromatic carbocycles. The third-order valence-corrected chi connectivity index (χ3v) is 2.76. The fraction of sp³-hybridized carbons (Fsp3) is 0.846. The molecule has 0 rings (SSSR count). The van der Waals surface area contributed by atoms with Crippen LogP contribution in [-0.4, -0.2) is 47.2 Å². The molecule has 0 spiro atoms. The van der Waals surface area contributed by atoms with E-state index in [4.69, 9.17) is 9.47 Å². The molecular formula is C13H24O5. The van der Waals surface area contributed by atoms with Crippen LogP contribution in [0.4, 0.5) is 0 Å². The third kappa shape index (κ3) is 4.48. The highest BCUT2D eigenvalue weighted by molar-refractivity contribution is 5.92. The molecule has 1 N–H and O–H groups in total. The van der Waals surface area contributed by atoms with Crippen molar-refractivity contribution in [3.05, 3.63) is 0 Å². The van der Waals surface area contributed by atoms with Gasteiger partial charge in [0.1, 0.15) is 23.4 Å². The highest BCUT2D eigenvalue weighted by Gasteiger charge is 2.38. The first-order chi connectivity index (χ1) is 7.93. The van der Waals surface area contributed by atoms with E-state index in [2.05, 4.69) is 0 Å². The summed E-state index contributed by atoms with van der Waals surface area (Å²) in [6.07, 6.45) is -1.47. The maximum absolute atomic E-state index is 12.0. The van der Waals surface area contributed by atoms with Gasteiger partial charge in [0.05, 0.1) is 0 Å². The molecule has 106 valence electrons. The third-order valence-electron chi connectivity index (χ3n) is 2.76. The molecule has 0 saturated carbocycles. The monoisotopic (exact) mass is 260 g/mol. The van der Waals surface area contributed by atoms with Crippen LogP contribution < -0.4 is 0 Å². The number of carbonyl (C=O) groups is 2. The van der Waals surface area contributed by atoms with Gasteiger partial charge >= 0.3 is 0 Å². The van der Waals surface area contributed by atoms with Crippen molar-refractivity contribution in [2.24, 2.45) is 0 Å². The first kappa shape index (κ1) is 17.2. The summed E-state index contributed by atoms with van der Waals surface area (Å²) in [4.78, 5) is 23.8. The SMILES string of the molecule is COC(C)C(=O)C(C)(C)OC(C)C(=O)C(C)(C)O. The van der Waals surface area contributed by atoms with Crippen LogP contribution in [0.15, 0.2) is 0 Å². The number of methoxy groups -OCH3 is 1. The molecule has 5 heteroatoms. The van der Waals surface area contributed by atoms with Crippen LogP contribution in [0.2, 0.25) is 0 Å². The molecule has 0 aliphatic heterocycles. The van der Waals surface area contributed by atoms with Crippen LogP contribution in [0.3, 0.4) is 0 Å². The second kappa shape index (κ2) is 5.91. The highest BCUT2D eigenvalue weighted by Crippen LogP contribution is 2.19. The zero-order chi connectivity index (χ0) is 14.7. The molecule has 0 heterocycles. The Bertz CT molecular complexity index is 314. The first-order valence-electron chi connectivity index (χ1n) is 5.95. The molecule has 0 bridgehead atoms. The largest absolute Gasteiger partial charge is 0.383 e. The predicted molar refractivity (Wildman–Crippen MR) is 67.4 cm³/mol. The van der Waals surface area contributed by atoms with Gasteiger partial charge in [0, 0.05) is 7.11 Å². The van der Waals surface area contributed by atoms with Crippen molar-refractivity contribution in [2.75, 3.05) is 7.11 Å². The number of hydrogen-bond donors (Lipinski definition) is 1. The van der Waals surface area contributed by atoms with Crippen molar-refractivity contribution in [1.82, 2.24) is 0 Å². The minimum atomic E-state index is -1.48. The molecule has 18 heavy (non-hydrogen) atoms. The van der Waals surface area contributed by atoms with Gasteiger partial charge in [-0.15, -0.1) is 0 Å². The number of carbonyl (C=O) groups excluding carboxylic acids is 2. The van der Waals surface area contributed by atoms with E-state index in [1.165, 1.54) is 27.9 Å². The first-order valence-corrected chi connectivity index (χ1v) is 5.95. The second-order valence-electron chi connectivity index (χ2n) is 5.44. The average Bonchev–Trinajstić information content (AvgIpc) is 2.23. The standard InChI is InChI=1S/C13H24O5/c1-8(17-7)11(15)13(5,6)18-9(2)10(14)12(3,4)16/h8-9,16H,1-7H3. The van der Waals surface area contributed by atoms with Gasteiger partial charge in [-0.25, -0.2) is 0 Å². The molecule has 5 nitrogen and oxygen atoms in total. The van der Waals surface area contributed by atoms with Gasteiger partial charge < -0.3 is 14.6 Å². The molecule has 0 radical (unpaired) electrons. The summed E-state index contributed by atoms with van der Waals surface area (Å²) in [6, 6.07) is 0. The van der Waals surface area contributed by atoms with Crippen molar-refractivity contribution < 1.29 is 24.2 Å². The van der Waals surface area contributed by atoms with Crippen molar-refractivity contribution in [1.29, 1.82) is 0 Å². The van der Waals surface area contributed by atoms with Gasteiger partial charge in [-0.3, -0.25) is 9.59 Å². The van der Waals surface area contributed by atoms with Gasteiger partial charge in [0.25, 0.3) is 0 Å². The number of rotatable bonds is 7. The average molecular weight is 260 g/mol. The van der Waals surface area contributed by atoms with E-state index in [9.17, 15) is 14.7 Å². The van der Waals surface area contributed by atoms with Gasteiger partial charge in [-0.05, 0) is 41.5 Å². The molecule has 0 aliphatic rings. The smallest absolute Gasteiger partial charge is 0.192 e. The van der Waals surface area contributed by atoms with E-state index in [-0.39, 0.29) is 5.78 Å². The van der Waals surface area contributed by atoms with E-state index < -0.39 is 29.2 Å². The van der Waals surface area contributed by atoms with E-state index in [0.717, 1.165) is 0 Å². The Labute approximate surface area is 108 Å². The van der Waals surface area contributed by atoms with E-state index in [1.807, 2.05) is 0 Å². The number of hydrogen-bond acceptors (Lipinski definition) is 5. The zero-order valence-corrected chi connectivity index (χ0v) is 12.2. The molecule has 0 saturated heterocycles. The minimum absolute atomic E-state index is 0.250. The topological polar surface area (TPSA) is 72.8 Å². The fourth-order valence-corrected chi connectivity index (χ4v) is 1.65. The Morgan fingerprint density at radius 3 is 1.78 bits per heavy atom. The quantitative estimate of drug-likeness (QED) is 0.742. The molecule has 0 fully saturated rings. The lowest BCUT2D eigenvalue weighted by atomic mass is 9.96. The Morgan fingerprint density at radius 2 is 1.44 bits per heavy atom. The highest BCUT2D eigenvalue weighted by atomic mass is 16.5. The maximum atomic E-state index is 12.0. The molecule has 0 aliphatic carbocycles. The number of Topliss-reactive ketones (excluding diaryl/α,β-unsaturated/α-hetero) is 2. The summed E-state index contributed by atoms with van der Waals surface area (Å²) in [5.74, 6) is -0.714. The summed E-state index contributed by atoms with van der Waals surface area (Å²) in [7, 11) is 1.43. The summed E-state index contributed by atoms with van der Waals surface area (Å²) in [5, 5.41) is 9.61. The van der Waals surface area contributed by atoms with Crippen LogP contribution in [0, 0.1) is 0 Å². The molecule has 2 unspecified atom stereocenters. The Hall–Kier alpha value is -0.780. The van der Waals surface area contributed by atoms with E-state index in [0.29, 0.717) is 0 Å². The maximum Gasteiger partial charge on any atom is 0.192 e. The van der Waals surface area contributed by atoms with Gasteiger partial charge in [-0.2, -0.15) is 0 Å². The van der Waals surface area contributed by atoms with Gasteiger partial charge in [0.2, 0.25) is 0 Å². The fourth-order valence-electron chi connectivity index (χ4n) is 1.65. The normalized spacial score (nSPS) is 16.2. The lowest BCUT2D eigenvalue weighted by Gasteiger charge is -2.31. The number of ketones is 2. The number of ether oxygens (including phenoxy) is 2. The Morgan fingerprint density at radius 1 is 1.00 bits per heavy atom. The van der Waals surface area contributed by atoms with Crippen LogP contribution in [0.25, 0.3) is 0 Å². The zero-order valence-electron chi connectivity index (χ0n) is 12.2. The number of aliphatic hydroxyl groups is 1. The summed E-state index contributed by atoms with van der Waals surface area (Å²) < 4.78 is 10.4. The lowest BCUT2D eigenvalue weighted by molar-refractivity contribution is -0.166. The van der Waals surface area contributed by atoms with E-state index in [1.54, 1.807) is 20.8 Å². The molecule has 2 atom stereocenters. The summed E-state index contributed by atoms with van der Waals surface area (Å²) in [5.41, 5.74) is -2.62.